The fraction of sp³-hybridized carbons (Fsp3) is 0.727. The Morgan fingerprint density at radius 2 is 2.43 bits per heavy atom. The monoisotopic (exact) mass is 210 g/mol. The first-order valence-corrected chi connectivity index (χ1v) is 6.38. The first-order chi connectivity index (χ1) is 6.79. The Morgan fingerprint density at radius 1 is 1.57 bits per heavy atom. The number of hydrogen-bond donors (Lipinski definition) is 1. The van der Waals surface area contributed by atoms with Crippen LogP contribution in [0.1, 0.15) is 50.0 Å². The zero-order valence-electron chi connectivity index (χ0n) is 8.70. The summed E-state index contributed by atoms with van der Waals surface area (Å²) in [5.41, 5.74) is 5.65. The lowest BCUT2D eigenvalue weighted by Gasteiger charge is -2.26. The predicted octanol–water partition coefficient (Wildman–Crippen LogP) is 3.41. The molecule has 1 heterocycles. The maximum atomic E-state index is 5.65. The summed E-state index contributed by atoms with van der Waals surface area (Å²) in [4.78, 5) is 4.40. The van der Waals surface area contributed by atoms with Crippen LogP contribution >= 0.6 is 11.3 Å². The first kappa shape index (κ1) is 9.97. The fourth-order valence-corrected chi connectivity index (χ4v) is 3.23. The lowest BCUT2D eigenvalue weighted by atomic mass is 9.80. The van der Waals surface area contributed by atoms with Crippen molar-refractivity contribution < 1.29 is 0 Å². The smallest absolute Gasteiger partial charge is 0.134 e. The molecule has 0 radical (unpaired) electrons. The van der Waals surface area contributed by atoms with Gasteiger partial charge in [0.25, 0.3) is 0 Å². The van der Waals surface area contributed by atoms with Crippen molar-refractivity contribution in [2.75, 3.05) is 5.73 Å². The molecular weight excluding hydrogens is 192 g/mol. The highest BCUT2D eigenvalue weighted by atomic mass is 32.1. The van der Waals surface area contributed by atoms with Crippen LogP contribution in [0.2, 0.25) is 0 Å². The van der Waals surface area contributed by atoms with E-state index in [-0.39, 0.29) is 0 Å². The number of thiazole rings is 1. The second-order valence-electron chi connectivity index (χ2n) is 4.25. The molecule has 0 aromatic carbocycles. The number of hydrogen-bond acceptors (Lipinski definition) is 3. The summed E-state index contributed by atoms with van der Waals surface area (Å²) in [6.45, 7) is 2.29. The zero-order valence-corrected chi connectivity index (χ0v) is 9.52. The molecule has 2 N–H and O–H groups in total. The van der Waals surface area contributed by atoms with Crippen LogP contribution in [0.5, 0.6) is 0 Å². The summed E-state index contributed by atoms with van der Waals surface area (Å²) < 4.78 is 0. The quantitative estimate of drug-likeness (QED) is 0.812. The van der Waals surface area contributed by atoms with E-state index in [1.807, 2.05) is 5.38 Å². The molecule has 14 heavy (non-hydrogen) atoms. The number of rotatable bonds is 2. The van der Waals surface area contributed by atoms with Gasteiger partial charge in [0.05, 0.1) is 5.01 Å². The van der Waals surface area contributed by atoms with Crippen LogP contribution in [0.4, 0.5) is 5.82 Å². The third kappa shape index (κ3) is 2.08. The minimum Gasteiger partial charge on any atom is -0.383 e. The molecule has 3 heteroatoms. The maximum Gasteiger partial charge on any atom is 0.134 e. The number of nitrogens with zero attached hydrogens (tertiary/aromatic N) is 1. The molecule has 0 aliphatic heterocycles. The lowest BCUT2D eigenvalue weighted by molar-refractivity contribution is 0.314. The standard InChI is InChI=1S/C11H18N2S/c1-2-8-4-3-5-9(6-8)11-13-10(12)7-14-11/h7-9H,2-6,12H2,1H3. The summed E-state index contributed by atoms with van der Waals surface area (Å²) in [5.74, 6) is 2.30. The van der Waals surface area contributed by atoms with E-state index in [0.29, 0.717) is 11.7 Å². The second kappa shape index (κ2) is 4.30. The third-order valence-corrected chi connectivity index (χ3v) is 4.27. The van der Waals surface area contributed by atoms with Crippen LogP contribution in [0.15, 0.2) is 5.38 Å². The van der Waals surface area contributed by atoms with E-state index >= 15 is 0 Å². The molecule has 1 aromatic heterocycles. The molecule has 2 atom stereocenters. The number of nitrogen functional groups attached to an aromatic ring is 1. The van der Waals surface area contributed by atoms with Gasteiger partial charge in [-0.05, 0) is 18.8 Å². The van der Waals surface area contributed by atoms with Gasteiger partial charge in [-0.15, -0.1) is 11.3 Å². The molecule has 0 amide bonds. The fourth-order valence-electron chi connectivity index (χ4n) is 2.37. The second-order valence-corrected chi connectivity index (χ2v) is 5.14. The van der Waals surface area contributed by atoms with Crippen molar-refractivity contribution in [1.82, 2.24) is 4.98 Å². The van der Waals surface area contributed by atoms with Gasteiger partial charge >= 0.3 is 0 Å². The molecule has 2 rings (SSSR count). The van der Waals surface area contributed by atoms with Gasteiger partial charge in [-0.25, -0.2) is 4.98 Å². The van der Waals surface area contributed by atoms with Crippen molar-refractivity contribution in [3.05, 3.63) is 10.4 Å². The SMILES string of the molecule is CCC1CCCC(c2nc(N)cs2)C1. The predicted molar refractivity (Wildman–Crippen MR) is 61.5 cm³/mol. The highest BCUT2D eigenvalue weighted by Crippen LogP contribution is 2.38. The van der Waals surface area contributed by atoms with Crippen LogP contribution < -0.4 is 5.73 Å². The van der Waals surface area contributed by atoms with Gasteiger partial charge in [0.1, 0.15) is 5.82 Å². The molecule has 0 saturated heterocycles. The lowest BCUT2D eigenvalue weighted by Crippen LogP contribution is -2.13. The summed E-state index contributed by atoms with van der Waals surface area (Å²) in [7, 11) is 0. The van der Waals surface area contributed by atoms with Crippen LogP contribution in [-0.4, -0.2) is 4.98 Å². The van der Waals surface area contributed by atoms with Crippen molar-refractivity contribution in [3.8, 4) is 0 Å². The molecule has 1 aliphatic rings. The Bertz CT molecular complexity index is 295. The number of nitrogens with two attached hydrogens (primary N) is 1. The van der Waals surface area contributed by atoms with Gasteiger partial charge in [-0.3, -0.25) is 0 Å². The molecular formula is C11H18N2S. The van der Waals surface area contributed by atoms with E-state index < -0.39 is 0 Å². The summed E-state index contributed by atoms with van der Waals surface area (Å²) in [5, 5.41) is 3.23. The van der Waals surface area contributed by atoms with Crippen LogP contribution in [0.3, 0.4) is 0 Å². The van der Waals surface area contributed by atoms with Gasteiger partial charge < -0.3 is 5.73 Å². The summed E-state index contributed by atoms with van der Waals surface area (Å²) in [6, 6.07) is 0. The van der Waals surface area contributed by atoms with Crippen molar-refractivity contribution in [2.45, 2.75) is 44.9 Å². The van der Waals surface area contributed by atoms with E-state index in [0.717, 1.165) is 5.92 Å². The zero-order chi connectivity index (χ0) is 9.97. The Balaban J connectivity index is 2.04. The van der Waals surface area contributed by atoms with Crippen LogP contribution in [-0.2, 0) is 0 Å². The summed E-state index contributed by atoms with van der Waals surface area (Å²) >= 11 is 1.73. The van der Waals surface area contributed by atoms with E-state index in [9.17, 15) is 0 Å². The Kier molecular flexibility index (Phi) is 3.06. The third-order valence-electron chi connectivity index (χ3n) is 3.25. The molecule has 1 aliphatic carbocycles. The number of aromatic nitrogens is 1. The topological polar surface area (TPSA) is 38.9 Å². The van der Waals surface area contributed by atoms with Crippen molar-refractivity contribution in [3.63, 3.8) is 0 Å². The highest BCUT2D eigenvalue weighted by molar-refractivity contribution is 7.10. The Hall–Kier alpha value is -0.570. The minimum atomic E-state index is 0.691. The summed E-state index contributed by atoms with van der Waals surface area (Å²) in [6.07, 6.45) is 6.72. The molecule has 1 saturated carbocycles. The molecule has 0 bridgehead atoms. The molecule has 1 fully saturated rings. The average Bonchev–Trinajstić information content (AvgIpc) is 2.65. The van der Waals surface area contributed by atoms with Gasteiger partial charge in [0, 0.05) is 11.3 Å². The molecule has 2 nitrogen and oxygen atoms in total. The Labute approximate surface area is 89.5 Å². The van der Waals surface area contributed by atoms with Crippen molar-refractivity contribution in [1.29, 1.82) is 0 Å². The van der Waals surface area contributed by atoms with Gasteiger partial charge in [0.15, 0.2) is 0 Å². The normalized spacial score (nSPS) is 27.8. The molecule has 78 valence electrons. The van der Waals surface area contributed by atoms with E-state index in [4.69, 9.17) is 5.73 Å². The molecule has 1 aromatic rings. The van der Waals surface area contributed by atoms with Crippen molar-refractivity contribution >= 4 is 17.2 Å². The van der Waals surface area contributed by atoms with Crippen LogP contribution in [0.25, 0.3) is 0 Å². The van der Waals surface area contributed by atoms with Crippen molar-refractivity contribution in [2.24, 2.45) is 5.92 Å². The largest absolute Gasteiger partial charge is 0.383 e. The Morgan fingerprint density at radius 3 is 3.07 bits per heavy atom. The minimum absolute atomic E-state index is 0.691. The van der Waals surface area contributed by atoms with E-state index in [2.05, 4.69) is 11.9 Å². The van der Waals surface area contributed by atoms with Gasteiger partial charge in [-0.2, -0.15) is 0 Å². The molecule has 2 unspecified atom stereocenters. The maximum absolute atomic E-state index is 5.65. The van der Waals surface area contributed by atoms with E-state index in [1.165, 1.54) is 37.1 Å². The first-order valence-electron chi connectivity index (χ1n) is 5.50. The molecule has 0 spiro atoms. The highest BCUT2D eigenvalue weighted by Gasteiger charge is 2.23. The number of anilines is 1. The van der Waals surface area contributed by atoms with Gasteiger partial charge in [-0.1, -0.05) is 26.2 Å². The van der Waals surface area contributed by atoms with E-state index in [1.54, 1.807) is 11.3 Å². The van der Waals surface area contributed by atoms with Gasteiger partial charge in [0.2, 0.25) is 0 Å². The van der Waals surface area contributed by atoms with Crippen LogP contribution in [0, 0.1) is 5.92 Å². The average molecular weight is 210 g/mol.